The predicted octanol–water partition coefficient (Wildman–Crippen LogP) is -4.13. The molecule has 0 radical (unpaired) electrons. The van der Waals surface area contributed by atoms with E-state index in [1.807, 2.05) is 0 Å². The number of aliphatic imine (C=N–C) groups is 1. The largest absolute Gasteiger partial charge is 0.446 e. The standard InChI is InChI=1S/C10H17N7O12S2/c11-6-13-5-3(2-26-8(18)15-31(23,24)25)17(21)7(12)16-1-4(27-30-29-28-22)10(19,20)9(5,16)14-6/h3-5,12,19-22H,1-2H2,(H,15,18)(H3,11,13,14)(H,23,24,25)/t3-,4-,5-,9?/m0/s1. The Kier molecular flexibility index (Phi) is 6.09. The van der Waals surface area contributed by atoms with Gasteiger partial charge in [-0.05, 0) is 0 Å². The highest BCUT2D eigenvalue weighted by atomic mass is 32.2. The molecule has 0 saturated carbocycles. The SMILES string of the molecule is N=C1N(O)[C@@H](COC(=O)NS(=O)(=O)O)[C@@H]2N=C(N)NC23N1C[C@H](OSOOO)C3(O)O. The Labute approximate surface area is 176 Å². The Morgan fingerprint density at radius 2 is 2.16 bits per heavy atom. The van der Waals surface area contributed by atoms with E-state index in [-0.39, 0.29) is 23.3 Å². The number of amides is 1. The zero-order valence-electron chi connectivity index (χ0n) is 15.0. The lowest BCUT2D eigenvalue weighted by atomic mass is 9.85. The summed E-state index contributed by atoms with van der Waals surface area (Å²) in [5.74, 6) is -3.93. The maximum Gasteiger partial charge on any atom is 0.422 e. The van der Waals surface area contributed by atoms with Crippen molar-refractivity contribution in [2.75, 3.05) is 13.2 Å². The molecular formula is C10H17N7O12S2. The van der Waals surface area contributed by atoms with E-state index in [2.05, 4.69) is 24.4 Å². The number of hydrogen-bond acceptors (Lipinski definition) is 16. The van der Waals surface area contributed by atoms with Gasteiger partial charge < -0.3 is 30.9 Å². The van der Waals surface area contributed by atoms with Gasteiger partial charge in [0, 0.05) is 0 Å². The van der Waals surface area contributed by atoms with Gasteiger partial charge in [0.25, 0.3) is 0 Å². The molecule has 31 heavy (non-hydrogen) atoms. The second kappa shape index (κ2) is 8.05. The molecule has 0 aromatic rings. The Morgan fingerprint density at radius 1 is 1.48 bits per heavy atom. The molecule has 1 unspecified atom stereocenters. The normalized spacial score (nSPS) is 31.6. The number of ether oxygens (including phenoxy) is 1. The van der Waals surface area contributed by atoms with Crippen LogP contribution in [0.1, 0.15) is 0 Å². The summed E-state index contributed by atoms with van der Waals surface area (Å²) in [5.41, 5.74) is 3.58. The van der Waals surface area contributed by atoms with E-state index in [0.29, 0.717) is 0 Å². The molecule has 0 aromatic heterocycles. The highest BCUT2D eigenvalue weighted by Crippen LogP contribution is 2.47. The molecule has 4 atom stereocenters. The number of nitrogens with zero attached hydrogens (tertiary/aromatic N) is 3. The van der Waals surface area contributed by atoms with Crippen LogP contribution in [0.3, 0.4) is 0 Å². The number of aliphatic hydroxyl groups is 2. The van der Waals surface area contributed by atoms with Gasteiger partial charge in [0.15, 0.2) is 30.1 Å². The van der Waals surface area contributed by atoms with Crippen molar-refractivity contribution in [3.8, 4) is 0 Å². The monoisotopic (exact) mass is 491 g/mol. The molecule has 3 aliphatic rings. The summed E-state index contributed by atoms with van der Waals surface area (Å²) in [6.07, 6.45) is -3.17. The minimum Gasteiger partial charge on any atom is -0.446 e. The molecule has 3 heterocycles. The van der Waals surface area contributed by atoms with E-state index >= 15 is 0 Å². The van der Waals surface area contributed by atoms with E-state index in [0.717, 1.165) is 9.62 Å². The molecule has 0 bridgehead atoms. The molecule has 0 aromatic carbocycles. The summed E-state index contributed by atoms with van der Waals surface area (Å²) in [4.78, 5) is 16.5. The summed E-state index contributed by atoms with van der Waals surface area (Å²) in [7, 11) is -4.93. The molecule has 2 saturated heterocycles. The van der Waals surface area contributed by atoms with Crippen LogP contribution in [-0.2, 0) is 28.6 Å². The number of guanidine groups is 2. The van der Waals surface area contributed by atoms with Crippen molar-refractivity contribution in [2.45, 2.75) is 29.6 Å². The summed E-state index contributed by atoms with van der Waals surface area (Å²) in [6.45, 7) is -1.27. The molecule has 21 heteroatoms. The lowest BCUT2D eigenvalue weighted by molar-refractivity contribution is -0.434. The van der Waals surface area contributed by atoms with Gasteiger partial charge in [-0.1, -0.05) is 5.04 Å². The average Bonchev–Trinajstić information content (AvgIpc) is 3.10. The zero-order chi connectivity index (χ0) is 23.2. The fourth-order valence-corrected chi connectivity index (χ4v) is 4.24. The number of nitrogens with one attached hydrogen (secondary N) is 3. The van der Waals surface area contributed by atoms with E-state index in [9.17, 15) is 28.6 Å². The number of nitrogens with two attached hydrogens (primary N) is 1. The Balaban J connectivity index is 1.89. The molecule has 1 spiro atoms. The number of hydrogen-bond donors (Lipinski definition) is 9. The third-order valence-corrected chi connectivity index (χ3v) is 5.62. The summed E-state index contributed by atoms with van der Waals surface area (Å²) in [6, 6.07) is -2.90. The molecule has 3 aliphatic heterocycles. The van der Waals surface area contributed by atoms with E-state index in [1.165, 1.54) is 0 Å². The number of hydroxylamine groups is 2. The van der Waals surface area contributed by atoms with Gasteiger partial charge in [-0.2, -0.15) is 13.1 Å². The quantitative estimate of drug-likeness (QED) is 0.0408. The molecule has 19 nitrogen and oxygen atoms in total. The van der Waals surface area contributed by atoms with Crippen molar-refractivity contribution in [2.24, 2.45) is 10.7 Å². The molecule has 0 aliphatic carbocycles. The van der Waals surface area contributed by atoms with Gasteiger partial charge in [-0.25, -0.2) is 20.1 Å². The first kappa shape index (κ1) is 23.5. The van der Waals surface area contributed by atoms with Crippen molar-refractivity contribution in [3.05, 3.63) is 0 Å². The molecular weight excluding hydrogens is 474 g/mol. The van der Waals surface area contributed by atoms with Crippen molar-refractivity contribution in [1.82, 2.24) is 20.0 Å². The van der Waals surface area contributed by atoms with Gasteiger partial charge in [0.2, 0.25) is 11.7 Å². The van der Waals surface area contributed by atoms with Crippen LogP contribution < -0.4 is 15.8 Å². The van der Waals surface area contributed by atoms with Gasteiger partial charge in [-0.3, -0.25) is 19.4 Å². The van der Waals surface area contributed by atoms with Crippen LogP contribution in [0.15, 0.2) is 4.99 Å². The second-order valence-electron chi connectivity index (χ2n) is 6.39. The summed E-state index contributed by atoms with van der Waals surface area (Å²) >= 11 is 0.0320. The molecule has 3 rings (SSSR count). The minimum atomic E-state index is -4.93. The number of carbonyl (C=O) groups is 1. The van der Waals surface area contributed by atoms with Gasteiger partial charge >= 0.3 is 16.4 Å². The summed E-state index contributed by atoms with van der Waals surface area (Å²) in [5, 5.41) is 54.6. The molecule has 10 N–H and O–H groups in total. The number of carbonyl (C=O) groups excluding carboxylic acids is 1. The Hall–Kier alpha value is -2.21. The van der Waals surface area contributed by atoms with Crippen LogP contribution in [0, 0.1) is 5.41 Å². The second-order valence-corrected chi connectivity index (χ2v) is 8.01. The van der Waals surface area contributed by atoms with Crippen LogP contribution in [-0.4, -0.2) is 104 Å². The number of rotatable bonds is 7. The Morgan fingerprint density at radius 3 is 2.77 bits per heavy atom. The first-order chi connectivity index (χ1) is 14.3. The van der Waals surface area contributed by atoms with Crippen molar-refractivity contribution in [1.29, 1.82) is 5.41 Å². The highest BCUT2D eigenvalue weighted by molar-refractivity contribution is 7.89. The third-order valence-electron chi connectivity index (χ3n) is 4.77. The summed E-state index contributed by atoms with van der Waals surface area (Å²) < 4.78 is 44.8. The fraction of sp³-hybridized carbons (Fsp3) is 0.700. The lowest BCUT2D eigenvalue weighted by Crippen LogP contribution is -2.80. The van der Waals surface area contributed by atoms with Crippen LogP contribution in [0.4, 0.5) is 4.79 Å². The van der Waals surface area contributed by atoms with Crippen LogP contribution in [0.5, 0.6) is 0 Å². The first-order valence-electron chi connectivity index (χ1n) is 7.98. The van der Waals surface area contributed by atoms with E-state index in [1.54, 1.807) is 0 Å². The smallest absolute Gasteiger partial charge is 0.422 e. The van der Waals surface area contributed by atoms with Crippen molar-refractivity contribution >= 4 is 40.6 Å². The molecule has 1 amide bonds. The maximum absolute atomic E-state index is 11.5. The molecule has 176 valence electrons. The van der Waals surface area contributed by atoms with Crippen LogP contribution >= 0.6 is 12.3 Å². The van der Waals surface area contributed by atoms with E-state index in [4.69, 9.17) is 25.1 Å². The first-order valence-corrected chi connectivity index (χ1v) is 10.1. The Bertz CT molecular complexity index is 885. The lowest BCUT2D eigenvalue weighted by Gasteiger charge is -2.52. The van der Waals surface area contributed by atoms with Gasteiger partial charge in [0.1, 0.15) is 18.7 Å². The third kappa shape index (κ3) is 3.91. The highest BCUT2D eigenvalue weighted by Gasteiger charge is 2.75. The van der Waals surface area contributed by atoms with Crippen LogP contribution in [0.2, 0.25) is 0 Å². The predicted molar refractivity (Wildman–Crippen MR) is 93.6 cm³/mol. The average molecular weight is 491 g/mol. The van der Waals surface area contributed by atoms with Crippen molar-refractivity contribution in [3.63, 3.8) is 0 Å². The molecule has 2 fully saturated rings. The fourth-order valence-electron chi connectivity index (χ4n) is 3.63. The zero-order valence-corrected chi connectivity index (χ0v) is 16.6. The topological polar surface area (TPSA) is 282 Å². The maximum atomic E-state index is 11.5. The van der Waals surface area contributed by atoms with Crippen LogP contribution in [0.25, 0.3) is 0 Å². The van der Waals surface area contributed by atoms with Crippen molar-refractivity contribution < 1.29 is 56.7 Å². The van der Waals surface area contributed by atoms with E-state index < -0.39 is 65.1 Å². The minimum absolute atomic E-state index is 0.0320. The van der Waals surface area contributed by atoms with Gasteiger partial charge in [-0.15, -0.1) is 4.33 Å². The van der Waals surface area contributed by atoms with Gasteiger partial charge in [0.05, 0.1) is 6.54 Å².